The van der Waals surface area contributed by atoms with Crippen molar-refractivity contribution >= 4 is 27.8 Å². The molecule has 1 fully saturated rings. The van der Waals surface area contributed by atoms with Crippen LogP contribution in [0.4, 0.5) is 4.39 Å². The molecule has 1 saturated heterocycles. The summed E-state index contributed by atoms with van der Waals surface area (Å²) >= 11 is 0. The minimum atomic E-state index is -1.02. The molecule has 3 aromatic carbocycles. The number of hydrogen-bond acceptors (Lipinski definition) is 4. The lowest BCUT2D eigenvalue weighted by molar-refractivity contribution is -0.0794. The van der Waals surface area contributed by atoms with Crippen molar-refractivity contribution in [2.24, 2.45) is 0 Å². The van der Waals surface area contributed by atoms with Crippen LogP contribution < -0.4 is 4.74 Å². The standard InChI is InChI=1S/C28H24FN3O4.C2H6/c1-15(2)27-26(21-8-3-16(28(33)34)10-25(21)36-20-13-35-14-20)22-11-23-17(12-30-31-23)9-24(22)32(27)19-6-4-18(29)5-7-19;1-2/h3-12,15,20H,13-14H2,1-2H3,(H,30,31)(H,33,34);1-2H3. The van der Waals surface area contributed by atoms with Crippen molar-refractivity contribution in [1.82, 2.24) is 14.8 Å². The van der Waals surface area contributed by atoms with Gasteiger partial charge >= 0.3 is 5.97 Å². The third-order valence-corrected chi connectivity index (χ3v) is 6.59. The Hall–Kier alpha value is -4.17. The summed E-state index contributed by atoms with van der Waals surface area (Å²) in [6.45, 7) is 9.13. The van der Waals surface area contributed by atoms with Gasteiger partial charge in [0.1, 0.15) is 17.7 Å². The van der Waals surface area contributed by atoms with Crippen LogP contribution in [-0.2, 0) is 4.74 Å². The SMILES string of the molecule is CC.CC(C)c1c(-c2ccc(C(=O)O)cc2OC2COC2)c2cc3[nH]ncc3cc2n1-c1ccc(F)cc1. The topological polar surface area (TPSA) is 89.4 Å². The first-order valence-corrected chi connectivity index (χ1v) is 12.8. The van der Waals surface area contributed by atoms with Crippen LogP contribution in [0.1, 0.15) is 49.7 Å². The fourth-order valence-electron chi connectivity index (χ4n) is 4.86. The number of rotatable bonds is 6. The molecule has 1 aliphatic heterocycles. The summed E-state index contributed by atoms with van der Waals surface area (Å²) in [5, 5.41) is 18.8. The lowest BCUT2D eigenvalue weighted by Gasteiger charge is -2.28. The van der Waals surface area contributed by atoms with Crippen molar-refractivity contribution in [3.63, 3.8) is 0 Å². The van der Waals surface area contributed by atoms with Crippen LogP contribution in [0.5, 0.6) is 5.75 Å². The number of carbonyl (C=O) groups is 1. The third kappa shape index (κ3) is 4.41. The van der Waals surface area contributed by atoms with Crippen LogP contribution in [-0.4, -0.2) is 45.2 Å². The molecular weight excluding hydrogens is 485 g/mol. The van der Waals surface area contributed by atoms with Gasteiger partial charge in [-0.05, 0) is 60.5 Å². The number of ether oxygens (including phenoxy) is 2. The highest BCUT2D eigenvalue weighted by molar-refractivity contribution is 6.07. The number of fused-ring (bicyclic) bond motifs is 2. The van der Waals surface area contributed by atoms with E-state index in [1.807, 2.05) is 19.9 Å². The summed E-state index contributed by atoms with van der Waals surface area (Å²) in [5.41, 5.74) is 5.54. The maximum Gasteiger partial charge on any atom is 0.335 e. The molecule has 38 heavy (non-hydrogen) atoms. The van der Waals surface area contributed by atoms with Gasteiger partial charge in [-0.25, -0.2) is 9.18 Å². The minimum absolute atomic E-state index is 0.0768. The maximum absolute atomic E-state index is 13.8. The van der Waals surface area contributed by atoms with E-state index in [9.17, 15) is 14.3 Å². The van der Waals surface area contributed by atoms with Crippen molar-refractivity contribution < 1.29 is 23.8 Å². The van der Waals surface area contributed by atoms with E-state index >= 15 is 0 Å². The first kappa shape index (κ1) is 25.5. The number of aromatic carboxylic acids is 1. The Kier molecular flexibility index (Phi) is 6.91. The van der Waals surface area contributed by atoms with Crippen LogP contribution in [0.25, 0.3) is 38.6 Å². The number of nitrogens with zero attached hydrogens (tertiary/aromatic N) is 2. The van der Waals surface area contributed by atoms with E-state index in [1.54, 1.807) is 30.5 Å². The first-order chi connectivity index (χ1) is 18.4. The second-order valence-corrected chi connectivity index (χ2v) is 9.35. The van der Waals surface area contributed by atoms with Crippen LogP contribution in [0.2, 0.25) is 0 Å². The Morgan fingerprint density at radius 2 is 1.87 bits per heavy atom. The molecule has 8 heteroatoms. The van der Waals surface area contributed by atoms with Gasteiger partial charge in [0.15, 0.2) is 0 Å². The van der Waals surface area contributed by atoms with Crippen molar-refractivity contribution in [3.8, 4) is 22.6 Å². The van der Waals surface area contributed by atoms with Gasteiger partial charge < -0.3 is 19.1 Å². The monoisotopic (exact) mass is 515 g/mol. The van der Waals surface area contributed by atoms with E-state index in [0.717, 1.165) is 44.3 Å². The quantitative estimate of drug-likeness (QED) is 0.256. The zero-order valence-corrected chi connectivity index (χ0v) is 21.8. The molecule has 0 radical (unpaired) electrons. The summed E-state index contributed by atoms with van der Waals surface area (Å²) in [6, 6.07) is 15.5. The largest absolute Gasteiger partial charge is 0.485 e. The van der Waals surface area contributed by atoms with E-state index in [2.05, 4.69) is 40.7 Å². The number of aromatic nitrogens is 3. The molecule has 0 bridgehead atoms. The highest BCUT2D eigenvalue weighted by Crippen LogP contribution is 2.45. The number of carboxylic acid groups (broad SMARTS) is 1. The van der Waals surface area contributed by atoms with Gasteiger partial charge in [-0.3, -0.25) is 5.10 Å². The first-order valence-electron chi connectivity index (χ1n) is 12.8. The summed E-state index contributed by atoms with van der Waals surface area (Å²) in [6.07, 6.45) is 1.64. The Bertz CT molecular complexity index is 1610. The molecule has 6 rings (SSSR count). The van der Waals surface area contributed by atoms with Gasteiger partial charge in [-0.15, -0.1) is 0 Å². The average Bonchev–Trinajstić information content (AvgIpc) is 3.48. The van der Waals surface area contributed by atoms with Gasteiger partial charge in [0.25, 0.3) is 0 Å². The van der Waals surface area contributed by atoms with Crippen LogP contribution in [0, 0.1) is 5.82 Å². The Morgan fingerprint density at radius 3 is 2.50 bits per heavy atom. The lowest BCUT2D eigenvalue weighted by atomic mass is 9.94. The molecule has 0 unspecified atom stereocenters. The Balaban J connectivity index is 0.00000144. The predicted octanol–water partition coefficient (Wildman–Crippen LogP) is 6.94. The van der Waals surface area contributed by atoms with E-state index < -0.39 is 5.97 Å². The van der Waals surface area contributed by atoms with Gasteiger partial charge in [-0.1, -0.05) is 27.7 Å². The average molecular weight is 516 g/mol. The molecule has 3 heterocycles. The zero-order chi connectivity index (χ0) is 27.0. The molecule has 7 nitrogen and oxygen atoms in total. The van der Waals surface area contributed by atoms with E-state index in [-0.39, 0.29) is 23.4 Å². The van der Waals surface area contributed by atoms with Crippen molar-refractivity contribution in [1.29, 1.82) is 0 Å². The number of halogens is 1. The molecule has 2 aromatic heterocycles. The second-order valence-electron chi connectivity index (χ2n) is 9.35. The number of H-pyrrole nitrogens is 1. The van der Waals surface area contributed by atoms with E-state index in [0.29, 0.717) is 19.0 Å². The van der Waals surface area contributed by atoms with Crippen LogP contribution in [0.15, 0.2) is 60.8 Å². The van der Waals surface area contributed by atoms with Crippen LogP contribution in [0.3, 0.4) is 0 Å². The fourth-order valence-corrected chi connectivity index (χ4v) is 4.86. The molecule has 196 valence electrons. The Morgan fingerprint density at radius 1 is 1.13 bits per heavy atom. The second kappa shape index (κ2) is 10.3. The summed E-state index contributed by atoms with van der Waals surface area (Å²) in [5.74, 6) is -0.754. The third-order valence-electron chi connectivity index (χ3n) is 6.59. The molecule has 0 amide bonds. The summed E-state index contributed by atoms with van der Waals surface area (Å²) in [7, 11) is 0. The molecule has 0 atom stereocenters. The normalized spacial score (nSPS) is 13.4. The highest BCUT2D eigenvalue weighted by atomic mass is 19.1. The van der Waals surface area contributed by atoms with Gasteiger partial charge in [-0.2, -0.15) is 5.10 Å². The van der Waals surface area contributed by atoms with E-state index in [1.165, 1.54) is 12.1 Å². The number of carboxylic acids is 1. The summed E-state index contributed by atoms with van der Waals surface area (Å²) < 4.78 is 27.5. The smallest absolute Gasteiger partial charge is 0.335 e. The zero-order valence-electron chi connectivity index (χ0n) is 21.8. The van der Waals surface area contributed by atoms with Gasteiger partial charge in [0, 0.05) is 33.3 Å². The van der Waals surface area contributed by atoms with Crippen molar-refractivity contribution in [3.05, 3.63) is 77.9 Å². The molecule has 2 N–H and O–H groups in total. The van der Waals surface area contributed by atoms with Crippen molar-refractivity contribution in [2.45, 2.75) is 39.7 Å². The minimum Gasteiger partial charge on any atom is -0.485 e. The highest BCUT2D eigenvalue weighted by Gasteiger charge is 2.28. The fraction of sp³-hybridized carbons (Fsp3) is 0.267. The van der Waals surface area contributed by atoms with Gasteiger partial charge in [0.2, 0.25) is 0 Å². The Labute approximate surface area is 219 Å². The summed E-state index contributed by atoms with van der Waals surface area (Å²) in [4.78, 5) is 11.8. The molecular formula is C30H30FN3O4. The molecule has 0 saturated carbocycles. The predicted molar refractivity (Wildman–Crippen MR) is 146 cm³/mol. The number of nitrogens with one attached hydrogen (secondary N) is 1. The number of benzene rings is 3. The molecule has 1 aliphatic rings. The van der Waals surface area contributed by atoms with Crippen LogP contribution >= 0.6 is 0 Å². The van der Waals surface area contributed by atoms with Gasteiger partial charge in [0.05, 0.1) is 36.0 Å². The molecule has 0 spiro atoms. The number of aromatic amines is 1. The van der Waals surface area contributed by atoms with E-state index in [4.69, 9.17) is 9.47 Å². The lowest BCUT2D eigenvalue weighted by Crippen LogP contribution is -2.38. The van der Waals surface area contributed by atoms with Crippen molar-refractivity contribution in [2.75, 3.05) is 13.2 Å². The molecule has 5 aromatic rings. The maximum atomic E-state index is 13.8. The molecule has 0 aliphatic carbocycles. The number of hydrogen-bond donors (Lipinski definition) is 2.